The van der Waals surface area contributed by atoms with Gasteiger partial charge in [0.1, 0.15) is 12.6 Å². The van der Waals surface area contributed by atoms with Gasteiger partial charge in [-0.1, -0.05) is 61.9 Å². The lowest BCUT2D eigenvalue weighted by molar-refractivity contribution is -0.143. The summed E-state index contributed by atoms with van der Waals surface area (Å²) in [7, 11) is 0. The van der Waals surface area contributed by atoms with Crippen molar-refractivity contribution in [1.82, 2.24) is 10.6 Å². The van der Waals surface area contributed by atoms with Crippen LogP contribution in [0, 0.1) is 11.8 Å². The summed E-state index contributed by atoms with van der Waals surface area (Å²) < 4.78 is 5.54. The van der Waals surface area contributed by atoms with Crippen molar-refractivity contribution in [2.45, 2.75) is 44.6 Å². The second-order valence-corrected chi connectivity index (χ2v) is 8.81. The molecule has 7 nitrogen and oxygen atoms in total. The number of carboxylic acids is 1. The van der Waals surface area contributed by atoms with Gasteiger partial charge in [0.05, 0.1) is 5.92 Å². The minimum atomic E-state index is -0.810. The number of benzene rings is 2. The van der Waals surface area contributed by atoms with Crippen LogP contribution in [-0.4, -0.2) is 42.3 Å². The summed E-state index contributed by atoms with van der Waals surface area (Å²) in [6.45, 7) is 2.29. The van der Waals surface area contributed by atoms with Gasteiger partial charge in [0.15, 0.2) is 0 Å². The van der Waals surface area contributed by atoms with Crippen LogP contribution < -0.4 is 10.6 Å². The monoisotopic (exact) mass is 450 g/mol. The number of carboxylic acid groups (broad SMARTS) is 1. The molecule has 0 saturated heterocycles. The highest BCUT2D eigenvalue weighted by Gasteiger charge is 2.34. The lowest BCUT2D eigenvalue weighted by Crippen LogP contribution is -2.48. The van der Waals surface area contributed by atoms with E-state index in [-0.39, 0.29) is 24.3 Å². The van der Waals surface area contributed by atoms with E-state index < -0.39 is 24.0 Å². The zero-order valence-corrected chi connectivity index (χ0v) is 18.8. The van der Waals surface area contributed by atoms with E-state index in [4.69, 9.17) is 4.74 Å². The average molecular weight is 451 g/mol. The molecule has 174 valence electrons. The van der Waals surface area contributed by atoms with Gasteiger partial charge in [0.2, 0.25) is 5.91 Å². The average Bonchev–Trinajstić information content (AvgIpc) is 3.42. The molecule has 0 aliphatic heterocycles. The number of alkyl carbamates (subject to hydrolysis) is 1. The third-order valence-corrected chi connectivity index (χ3v) is 6.88. The van der Waals surface area contributed by atoms with Crippen molar-refractivity contribution in [3.63, 3.8) is 0 Å². The molecule has 4 rings (SSSR count). The maximum Gasteiger partial charge on any atom is 0.407 e. The number of hydrogen-bond donors (Lipinski definition) is 3. The highest BCUT2D eigenvalue weighted by atomic mass is 16.5. The first kappa shape index (κ1) is 22.8. The van der Waals surface area contributed by atoms with Crippen LogP contribution in [0.2, 0.25) is 0 Å². The van der Waals surface area contributed by atoms with Gasteiger partial charge in [0.25, 0.3) is 0 Å². The van der Waals surface area contributed by atoms with E-state index >= 15 is 0 Å². The molecule has 0 aromatic heterocycles. The molecule has 0 heterocycles. The molecule has 1 saturated carbocycles. The quantitative estimate of drug-likeness (QED) is 0.565. The fourth-order valence-corrected chi connectivity index (χ4v) is 5.10. The Morgan fingerprint density at radius 2 is 1.67 bits per heavy atom. The van der Waals surface area contributed by atoms with Crippen molar-refractivity contribution in [2.75, 3.05) is 13.2 Å². The van der Waals surface area contributed by atoms with E-state index in [2.05, 4.69) is 34.9 Å². The number of nitrogens with one attached hydrogen (secondary N) is 2. The largest absolute Gasteiger partial charge is 0.481 e. The number of hydrogen-bond acceptors (Lipinski definition) is 4. The normalized spacial score (nSPS) is 19.9. The standard InChI is InChI=1S/C26H30N2O5/c1-2-23(24(29)27-14-16-8-7-13-17(16)25(30)31)28-26(32)33-15-22-20-11-5-3-9-18(20)19-10-4-6-12-21(19)22/h3-6,9-12,16-17,22-23H,2,7-8,13-15H2,1H3,(H,27,29)(H,28,32)(H,30,31)/t16?,17?,23-/m1/s1. The van der Waals surface area contributed by atoms with E-state index in [0.29, 0.717) is 19.4 Å². The fraction of sp³-hybridized carbons (Fsp3) is 0.423. The summed E-state index contributed by atoms with van der Waals surface area (Å²) in [4.78, 5) is 36.5. The van der Waals surface area contributed by atoms with E-state index in [1.807, 2.05) is 31.2 Å². The Kier molecular flexibility index (Phi) is 6.96. The Bertz CT molecular complexity index is 991. The Balaban J connectivity index is 1.32. The number of ether oxygens (including phenoxy) is 1. The van der Waals surface area contributed by atoms with Gasteiger partial charge >= 0.3 is 12.1 Å². The van der Waals surface area contributed by atoms with Crippen molar-refractivity contribution >= 4 is 18.0 Å². The van der Waals surface area contributed by atoms with Crippen molar-refractivity contribution in [3.8, 4) is 11.1 Å². The summed E-state index contributed by atoms with van der Waals surface area (Å²) in [6.07, 6.45) is 2.05. The number of carbonyl (C=O) groups is 3. The number of aliphatic carboxylic acids is 1. The predicted molar refractivity (Wildman–Crippen MR) is 124 cm³/mol. The van der Waals surface area contributed by atoms with Gasteiger partial charge in [-0.2, -0.15) is 0 Å². The molecule has 7 heteroatoms. The number of rotatable bonds is 8. The number of fused-ring (bicyclic) bond motifs is 3. The summed E-state index contributed by atoms with van der Waals surface area (Å²) in [6, 6.07) is 15.5. The van der Waals surface area contributed by atoms with Crippen molar-refractivity contribution in [3.05, 3.63) is 59.7 Å². The molecule has 33 heavy (non-hydrogen) atoms. The molecule has 0 spiro atoms. The summed E-state index contributed by atoms with van der Waals surface area (Å²) >= 11 is 0. The molecule has 2 aromatic carbocycles. The maximum absolute atomic E-state index is 12.6. The summed E-state index contributed by atoms with van der Waals surface area (Å²) in [5.41, 5.74) is 4.56. The molecular weight excluding hydrogens is 420 g/mol. The van der Waals surface area contributed by atoms with E-state index in [0.717, 1.165) is 35.1 Å². The lowest BCUT2D eigenvalue weighted by Gasteiger charge is -2.21. The van der Waals surface area contributed by atoms with Gasteiger partial charge in [-0.15, -0.1) is 0 Å². The molecule has 1 fully saturated rings. The van der Waals surface area contributed by atoms with Crippen molar-refractivity contribution in [1.29, 1.82) is 0 Å². The molecule has 3 N–H and O–H groups in total. The Morgan fingerprint density at radius 3 is 2.27 bits per heavy atom. The van der Waals surface area contributed by atoms with Crippen LogP contribution in [0.3, 0.4) is 0 Å². The minimum Gasteiger partial charge on any atom is -0.481 e. The van der Waals surface area contributed by atoms with E-state index in [1.165, 1.54) is 0 Å². The van der Waals surface area contributed by atoms with Crippen LogP contribution in [0.25, 0.3) is 11.1 Å². The van der Waals surface area contributed by atoms with Crippen molar-refractivity contribution in [2.24, 2.45) is 11.8 Å². The third-order valence-electron chi connectivity index (χ3n) is 6.88. The Labute approximate surface area is 193 Å². The van der Waals surface area contributed by atoms with Gasteiger partial charge in [-0.25, -0.2) is 4.79 Å². The summed E-state index contributed by atoms with van der Waals surface area (Å²) in [5, 5.41) is 14.8. The molecule has 3 atom stereocenters. The topological polar surface area (TPSA) is 105 Å². The first-order chi connectivity index (χ1) is 16.0. The molecular formula is C26H30N2O5. The van der Waals surface area contributed by atoms with E-state index in [1.54, 1.807) is 0 Å². The van der Waals surface area contributed by atoms with Crippen LogP contribution in [0.4, 0.5) is 4.79 Å². The van der Waals surface area contributed by atoms with Gasteiger partial charge < -0.3 is 20.5 Å². The van der Waals surface area contributed by atoms with Crippen LogP contribution in [0.5, 0.6) is 0 Å². The highest BCUT2D eigenvalue weighted by Crippen LogP contribution is 2.44. The van der Waals surface area contributed by atoms with Crippen LogP contribution >= 0.6 is 0 Å². The van der Waals surface area contributed by atoms with Crippen LogP contribution in [0.15, 0.2) is 48.5 Å². The first-order valence-corrected chi connectivity index (χ1v) is 11.6. The second-order valence-electron chi connectivity index (χ2n) is 8.81. The maximum atomic E-state index is 12.6. The molecule has 2 aliphatic rings. The highest BCUT2D eigenvalue weighted by molar-refractivity contribution is 5.85. The van der Waals surface area contributed by atoms with Gasteiger partial charge in [0, 0.05) is 12.5 Å². The molecule has 2 amide bonds. The fourth-order valence-electron chi connectivity index (χ4n) is 5.10. The molecule has 2 unspecified atom stereocenters. The zero-order chi connectivity index (χ0) is 23.4. The Morgan fingerprint density at radius 1 is 1.03 bits per heavy atom. The number of amides is 2. The number of carbonyl (C=O) groups excluding carboxylic acids is 2. The van der Waals surface area contributed by atoms with Crippen molar-refractivity contribution < 1.29 is 24.2 Å². The predicted octanol–water partition coefficient (Wildman–Crippen LogP) is 3.92. The molecule has 0 radical (unpaired) electrons. The second kappa shape index (κ2) is 10.1. The zero-order valence-electron chi connectivity index (χ0n) is 18.8. The Hall–Kier alpha value is -3.35. The van der Waals surface area contributed by atoms with Gasteiger partial charge in [-0.05, 0) is 47.4 Å². The molecule has 2 aromatic rings. The lowest BCUT2D eigenvalue weighted by atomic mass is 9.96. The summed E-state index contributed by atoms with van der Waals surface area (Å²) in [5.74, 6) is -1.66. The van der Waals surface area contributed by atoms with Crippen LogP contribution in [0.1, 0.15) is 49.7 Å². The smallest absolute Gasteiger partial charge is 0.407 e. The van der Waals surface area contributed by atoms with Crippen LogP contribution in [-0.2, 0) is 14.3 Å². The first-order valence-electron chi connectivity index (χ1n) is 11.6. The third kappa shape index (κ3) is 4.87. The van der Waals surface area contributed by atoms with E-state index in [9.17, 15) is 19.5 Å². The SMILES string of the molecule is CC[C@@H](NC(=O)OCC1c2ccccc2-c2ccccc21)C(=O)NCC1CCCC1C(=O)O. The molecule has 2 aliphatic carbocycles. The van der Waals surface area contributed by atoms with Gasteiger partial charge in [-0.3, -0.25) is 9.59 Å². The molecule has 0 bridgehead atoms. The minimum absolute atomic E-state index is 0.0487.